The quantitative estimate of drug-likeness (QED) is 0.198. The minimum Gasteiger partial charge on any atom is -0.409 e. The third kappa shape index (κ3) is 1.51. The molecule has 0 aliphatic rings. The van der Waals surface area contributed by atoms with Gasteiger partial charge in [0.1, 0.15) is 11.6 Å². The topological polar surface area (TPSA) is 84.6 Å². The fourth-order valence-electron chi connectivity index (χ4n) is 0.878. The van der Waals surface area contributed by atoms with Gasteiger partial charge in [0.2, 0.25) is 0 Å². The third-order valence-corrected chi connectivity index (χ3v) is 1.51. The maximum Gasteiger partial charge on any atom is 0.175 e. The highest BCUT2D eigenvalue weighted by Crippen LogP contribution is 2.18. The molecule has 0 spiro atoms. The zero-order valence-corrected chi connectivity index (χ0v) is 6.46. The van der Waals surface area contributed by atoms with Crippen LogP contribution in [0.2, 0.25) is 0 Å². The molecule has 0 saturated heterocycles. The van der Waals surface area contributed by atoms with Gasteiger partial charge < -0.3 is 16.7 Å². The van der Waals surface area contributed by atoms with Gasteiger partial charge in [0.25, 0.3) is 0 Å². The SMILES string of the molecule is NC(=NO)c1c(F)ccc(F)c1N. The van der Waals surface area contributed by atoms with Crippen LogP contribution in [0.25, 0.3) is 0 Å². The van der Waals surface area contributed by atoms with Crippen molar-refractivity contribution in [3.05, 3.63) is 29.3 Å². The van der Waals surface area contributed by atoms with Crippen molar-refractivity contribution in [1.29, 1.82) is 0 Å². The standard InChI is InChI=1S/C7H7F2N3O/c8-3-1-2-4(9)6(10)5(3)7(11)12-13/h1-2,13H,10H2,(H2,11,12). The number of halogens is 2. The number of nitrogen functional groups attached to an aromatic ring is 1. The van der Waals surface area contributed by atoms with Crippen molar-refractivity contribution in [2.75, 3.05) is 5.73 Å². The van der Waals surface area contributed by atoms with Gasteiger partial charge in [-0.05, 0) is 12.1 Å². The molecule has 1 aromatic rings. The predicted octanol–water partition coefficient (Wildman–Crippen LogP) is 0.642. The molecule has 0 heterocycles. The monoisotopic (exact) mass is 187 g/mol. The number of hydrogen-bond donors (Lipinski definition) is 3. The van der Waals surface area contributed by atoms with Crippen molar-refractivity contribution >= 4 is 11.5 Å². The molecule has 1 rings (SSSR count). The van der Waals surface area contributed by atoms with E-state index in [1.165, 1.54) is 0 Å². The minimum atomic E-state index is -0.839. The Morgan fingerprint density at radius 2 is 1.85 bits per heavy atom. The first kappa shape index (κ1) is 9.24. The van der Waals surface area contributed by atoms with E-state index in [9.17, 15) is 8.78 Å². The summed E-state index contributed by atoms with van der Waals surface area (Å²) in [6, 6.07) is 1.71. The Bertz CT molecular complexity index is 365. The van der Waals surface area contributed by atoms with Crippen molar-refractivity contribution < 1.29 is 14.0 Å². The van der Waals surface area contributed by atoms with Crippen LogP contribution in [-0.2, 0) is 0 Å². The van der Waals surface area contributed by atoms with E-state index >= 15 is 0 Å². The molecular weight excluding hydrogens is 180 g/mol. The van der Waals surface area contributed by atoms with Gasteiger partial charge in [-0.15, -0.1) is 0 Å². The predicted molar refractivity (Wildman–Crippen MR) is 43.3 cm³/mol. The van der Waals surface area contributed by atoms with E-state index in [1.54, 1.807) is 0 Å². The largest absolute Gasteiger partial charge is 0.409 e. The van der Waals surface area contributed by atoms with E-state index in [2.05, 4.69) is 5.16 Å². The van der Waals surface area contributed by atoms with Crippen molar-refractivity contribution in [2.24, 2.45) is 10.9 Å². The molecule has 0 radical (unpaired) electrons. The van der Waals surface area contributed by atoms with Crippen molar-refractivity contribution in [3.63, 3.8) is 0 Å². The van der Waals surface area contributed by atoms with Gasteiger partial charge in [-0.2, -0.15) is 0 Å². The molecule has 0 unspecified atom stereocenters. The summed E-state index contributed by atoms with van der Waals surface area (Å²) in [5.41, 5.74) is 9.35. The first-order valence-electron chi connectivity index (χ1n) is 3.29. The van der Waals surface area contributed by atoms with Gasteiger partial charge >= 0.3 is 0 Å². The molecule has 0 bridgehead atoms. The average molecular weight is 187 g/mol. The summed E-state index contributed by atoms with van der Waals surface area (Å²) in [7, 11) is 0. The lowest BCUT2D eigenvalue weighted by Gasteiger charge is -2.05. The molecule has 13 heavy (non-hydrogen) atoms. The minimum absolute atomic E-state index is 0.428. The van der Waals surface area contributed by atoms with Gasteiger partial charge in [0, 0.05) is 0 Å². The number of rotatable bonds is 1. The first-order chi connectivity index (χ1) is 6.07. The molecule has 70 valence electrons. The Kier molecular flexibility index (Phi) is 2.32. The van der Waals surface area contributed by atoms with Gasteiger partial charge in [0.05, 0.1) is 11.3 Å². The molecule has 4 nitrogen and oxygen atoms in total. The fourth-order valence-corrected chi connectivity index (χ4v) is 0.878. The summed E-state index contributed by atoms with van der Waals surface area (Å²) in [4.78, 5) is 0. The van der Waals surface area contributed by atoms with Crippen LogP contribution in [0, 0.1) is 11.6 Å². The molecule has 0 aliphatic carbocycles. The number of anilines is 1. The highest BCUT2D eigenvalue weighted by Gasteiger charge is 2.14. The molecule has 0 fully saturated rings. The van der Waals surface area contributed by atoms with Crippen LogP contribution < -0.4 is 11.5 Å². The lowest BCUT2D eigenvalue weighted by atomic mass is 10.1. The average Bonchev–Trinajstić information content (AvgIpc) is 2.12. The van der Waals surface area contributed by atoms with Gasteiger partial charge in [-0.3, -0.25) is 0 Å². The highest BCUT2D eigenvalue weighted by molar-refractivity contribution is 6.01. The maximum atomic E-state index is 12.9. The summed E-state index contributed by atoms with van der Waals surface area (Å²) in [5.74, 6) is -2.22. The van der Waals surface area contributed by atoms with Crippen molar-refractivity contribution in [2.45, 2.75) is 0 Å². The van der Waals surface area contributed by atoms with Crippen LogP contribution in [0.15, 0.2) is 17.3 Å². The second kappa shape index (κ2) is 3.26. The molecule has 1 aromatic carbocycles. The second-order valence-corrected chi connectivity index (χ2v) is 2.30. The van der Waals surface area contributed by atoms with Crippen molar-refractivity contribution in [1.82, 2.24) is 0 Å². The van der Waals surface area contributed by atoms with Gasteiger partial charge in [0.15, 0.2) is 5.84 Å². The molecule has 6 heteroatoms. The number of amidine groups is 1. The van der Waals surface area contributed by atoms with E-state index in [0.29, 0.717) is 0 Å². The lowest BCUT2D eigenvalue weighted by molar-refractivity contribution is 0.318. The van der Waals surface area contributed by atoms with Crippen LogP contribution in [0.3, 0.4) is 0 Å². The number of nitrogens with zero attached hydrogens (tertiary/aromatic N) is 1. The number of benzene rings is 1. The first-order valence-corrected chi connectivity index (χ1v) is 3.29. The molecule has 0 saturated carbocycles. The molecule has 5 N–H and O–H groups in total. The van der Waals surface area contributed by atoms with E-state index in [4.69, 9.17) is 16.7 Å². The van der Waals surface area contributed by atoms with Crippen molar-refractivity contribution in [3.8, 4) is 0 Å². The van der Waals surface area contributed by atoms with Crippen LogP contribution >= 0.6 is 0 Å². The van der Waals surface area contributed by atoms with Crippen LogP contribution in [-0.4, -0.2) is 11.0 Å². The van der Waals surface area contributed by atoms with E-state index in [-0.39, 0.29) is 0 Å². The Hall–Kier alpha value is -1.85. The molecule has 0 atom stereocenters. The van der Waals surface area contributed by atoms with Crippen LogP contribution in [0.4, 0.5) is 14.5 Å². The van der Waals surface area contributed by atoms with Gasteiger partial charge in [-0.25, -0.2) is 8.78 Å². The fraction of sp³-hybridized carbons (Fsp3) is 0. The number of nitrogens with two attached hydrogens (primary N) is 2. The normalized spacial score (nSPS) is 11.7. The number of oxime groups is 1. The lowest BCUT2D eigenvalue weighted by Crippen LogP contribution is -2.18. The molecule has 0 amide bonds. The Balaban J connectivity index is 3.42. The Labute approximate surface area is 72.5 Å². The summed E-state index contributed by atoms with van der Waals surface area (Å²) in [5, 5.41) is 10.8. The second-order valence-electron chi connectivity index (χ2n) is 2.30. The third-order valence-electron chi connectivity index (χ3n) is 1.51. The summed E-state index contributed by atoms with van der Waals surface area (Å²) in [6.45, 7) is 0. The zero-order chi connectivity index (χ0) is 10.0. The van der Waals surface area contributed by atoms with E-state index in [0.717, 1.165) is 12.1 Å². The summed E-state index contributed by atoms with van der Waals surface area (Å²) < 4.78 is 25.7. The Morgan fingerprint density at radius 1 is 1.31 bits per heavy atom. The smallest absolute Gasteiger partial charge is 0.175 e. The van der Waals surface area contributed by atoms with Crippen LogP contribution in [0.1, 0.15) is 5.56 Å². The van der Waals surface area contributed by atoms with E-state index < -0.39 is 28.7 Å². The molecule has 0 aliphatic heterocycles. The molecule has 0 aromatic heterocycles. The van der Waals surface area contributed by atoms with Crippen LogP contribution in [0.5, 0.6) is 0 Å². The summed E-state index contributed by atoms with van der Waals surface area (Å²) >= 11 is 0. The maximum absolute atomic E-state index is 12.9. The summed E-state index contributed by atoms with van der Waals surface area (Å²) in [6.07, 6.45) is 0. The number of hydrogen-bond acceptors (Lipinski definition) is 3. The van der Waals surface area contributed by atoms with E-state index in [1.807, 2.05) is 0 Å². The Morgan fingerprint density at radius 3 is 2.38 bits per heavy atom. The van der Waals surface area contributed by atoms with Gasteiger partial charge in [-0.1, -0.05) is 5.16 Å². The molecular formula is C7H7F2N3O. The zero-order valence-electron chi connectivity index (χ0n) is 6.46. The highest BCUT2D eigenvalue weighted by atomic mass is 19.1.